The van der Waals surface area contributed by atoms with E-state index in [1.54, 1.807) is 30.3 Å². The summed E-state index contributed by atoms with van der Waals surface area (Å²) in [6.45, 7) is -0.164. The van der Waals surface area contributed by atoms with E-state index in [0.717, 1.165) is 10.6 Å². The molecule has 1 amide bonds. The summed E-state index contributed by atoms with van der Waals surface area (Å²) in [5.74, 6) is -0.234. The summed E-state index contributed by atoms with van der Waals surface area (Å²) < 4.78 is 31.0. The molecule has 25 heavy (non-hydrogen) atoms. The SMILES string of the molecule is CS(=O)(=O)N1C[C@H](C(=O)Nc2ccccc2Cl)Oc2ccc(Cl)cc21. The number of nitrogens with one attached hydrogen (secondary N) is 1. The van der Waals surface area contributed by atoms with Crippen molar-refractivity contribution in [1.82, 2.24) is 0 Å². The van der Waals surface area contributed by atoms with Gasteiger partial charge in [0.2, 0.25) is 10.0 Å². The fourth-order valence-electron chi connectivity index (χ4n) is 2.45. The molecule has 0 spiro atoms. The van der Waals surface area contributed by atoms with Crippen molar-refractivity contribution in [3.63, 3.8) is 0 Å². The lowest BCUT2D eigenvalue weighted by Gasteiger charge is -2.34. The first-order valence-corrected chi connectivity index (χ1v) is 9.85. The predicted octanol–water partition coefficient (Wildman–Crippen LogP) is 3.16. The molecule has 0 radical (unpaired) electrons. The van der Waals surface area contributed by atoms with Gasteiger partial charge >= 0.3 is 0 Å². The molecule has 0 aromatic heterocycles. The molecule has 1 heterocycles. The van der Waals surface area contributed by atoms with Crippen LogP contribution in [0.4, 0.5) is 11.4 Å². The molecule has 1 N–H and O–H groups in total. The first-order chi connectivity index (χ1) is 11.8. The maximum absolute atomic E-state index is 12.5. The third kappa shape index (κ3) is 3.84. The summed E-state index contributed by atoms with van der Waals surface area (Å²) >= 11 is 12.0. The van der Waals surface area contributed by atoms with Crippen molar-refractivity contribution in [2.24, 2.45) is 0 Å². The molecule has 2 aromatic carbocycles. The number of fused-ring (bicyclic) bond motifs is 1. The monoisotopic (exact) mass is 400 g/mol. The van der Waals surface area contributed by atoms with Crippen LogP contribution in [0.25, 0.3) is 0 Å². The van der Waals surface area contributed by atoms with Crippen molar-refractivity contribution >= 4 is 50.5 Å². The lowest BCUT2D eigenvalue weighted by atomic mass is 10.2. The highest BCUT2D eigenvalue weighted by Crippen LogP contribution is 2.37. The number of halogens is 2. The summed E-state index contributed by atoms with van der Waals surface area (Å²) in [5, 5.41) is 3.39. The average Bonchev–Trinajstić information content (AvgIpc) is 2.55. The van der Waals surface area contributed by atoms with Crippen molar-refractivity contribution in [3.8, 4) is 5.75 Å². The van der Waals surface area contributed by atoms with Crippen molar-refractivity contribution in [1.29, 1.82) is 0 Å². The van der Waals surface area contributed by atoms with Crippen LogP contribution in [0.5, 0.6) is 5.75 Å². The van der Waals surface area contributed by atoms with Gasteiger partial charge in [-0.15, -0.1) is 0 Å². The van der Waals surface area contributed by atoms with Gasteiger partial charge < -0.3 is 10.1 Å². The van der Waals surface area contributed by atoms with E-state index in [1.165, 1.54) is 12.1 Å². The molecule has 2 aromatic rings. The van der Waals surface area contributed by atoms with Gasteiger partial charge in [-0.05, 0) is 30.3 Å². The number of anilines is 2. The van der Waals surface area contributed by atoms with Gasteiger partial charge in [-0.25, -0.2) is 8.42 Å². The lowest BCUT2D eigenvalue weighted by molar-refractivity contribution is -0.122. The van der Waals surface area contributed by atoms with E-state index in [0.29, 0.717) is 21.4 Å². The second-order valence-electron chi connectivity index (χ2n) is 5.48. The quantitative estimate of drug-likeness (QED) is 0.858. The highest BCUT2D eigenvalue weighted by atomic mass is 35.5. The van der Waals surface area contributed by atoms with Crippen LogP contribution in [0, 0.1) is 0 Å². The molecule has 0 aliphatic carbocycles. The number of carbonyl (C=O) groups excluding carboxylic acids is 1. The van der Waals surface area contributed by atoms with Crippen LogP contribution in [-0.2, 0) is 14.8 Å². The summed E-state index contributed by atoms with van der Waals surface area (Å²) in [6, 6.07) is 11.3. The van der Waals surface area contributed by atoms with Crippen molar-refractivity contribution in [3.05, 3.63) is 52.5 Å². The normalized spacial score (nSPS) is 16.8. The van der Waals surface area contributed by atoms with Crippen LogP contribution >= 0.6 is 23.2 Å². The van der Waals surface area contributed by atoms with Crippen LogP contribution in [-0.4, -0.2) is 33.2 Å². The fraction of sp³-hybridized carbons (Fsp3) is 0.188. The molecule has 6 nitrogen and oxygen atoms in total. The van der Waals surface area contributed by atoms with Gasteiger partial charge in [0.25, 0.3) is 5.91 Å². The molecule has 9 heteroatoms. The summed E-state index contributed by atoms with van der Waals surface area (Å²) in [6.07, 6.45) is 0.0335. The van der Waals surface area contributed by atoms with E-state index in [1.807, 2.05) is 0 Å². The molecular weight excluding hydrogens is 387 g/mol. The van der Waals surface area contributed by atoms with Gasteiger partial charge in [0.05, 0.1) is 29.2 Å². The minimum atomic E-state index is -3.61. The Bertz CT molecular complexity index is 933. The Morgan fingerprint density at radius 3 is 2.64 bits per heavy atom. The topological polar surface area (TPSA) is 75.7 Å². The molecule has 0 fully saturated rings. The smallest absolute Gasteiger partial charge is 0.267 e. The Morgan fingerprint density at radius 2 is 1.96 bits per heavy atom. The number of nitrogens with zero attached hydrogens (tertiary/aromatic N) is 1. The van der Waals surface area contributed by atoms with Gasteiger partial charge in [0, 0.05) is 5.02 Å². The Kier molecular flexibility index (Phi) is 4.81. The standard InChI is InChI=1S/C16H14Cl2N2O4S/c1-25(22,23)20-9-15(24-14-7-6-10(17)8-13(14)20)16(21)19-12-5-3-2-4-11(12)18/h2-8,15H,9H2,1H3,(H,19,21)/t15-/m1/s1. The molecular formula is C16H14Cl2N2O4S. The molecule has 0 saturated carbocycles. The van der Waals surface area contributed by atoms with E-state index >= 15 is 0 Å². The number of amides is 1. The summed E-state index contributed by atoms with van der Waals surface area (Å²) in [4.78, 5) is 12.5. The minimum Gasteiger partial charge on any atom is -0.476 e. The van der Waals surface area contributed by atoms with Gasteiger partial charge in [-0.1, -0.05) is 35.3 Å². The third-order valence-corrected chi connectivity index (χ3v) is 5.33. The van der Waals surface area contributed by atoms with Crippen molar-refractivity contribution in [2.45, 2.75) is 6.10 Å². The maximum Gasteiger partial charge on any atom is 0.267 e. The molecule has 0 saturated heterocycles. The number of rotatable bonds is 3. The Hall–Kier alpha value is -1.96. The maximum atomic E-state index is 12.5. The van der Waals surface area contributed by atoms with E-state index in [2.05, 4.69) is 5.32 Å². The molecule has 0 unspecified atom stereocenters. The van der Waals surface area contributed by atoms with E-state index < -0.39 is 22.0 Å². The van der Waals surface area contributed by atoms with Crippen LogP contribution in [0.2, 0.25) is 10.0 Å². The second-order valence-corrected chi connectivity index (χ2v) is 8.23. The Morgan fingerprint density at radius 1 is 1.24 bits per heavy atom. The number of hydrogen-bond acceptors (Lipinski definition) is 4. The van der Waals surface area contributed by atoms with E-state index in [-0.39, 0.29) is 12.3 Å². The minimum absolute atomic E-state index is 0.164. The first-order valence-electron chi connectivity index (χ1n) is 7.25. The molecule has 1 aliphatic rings. The zero-order chi connectivity index (χ0) is 18.2. The third-order valence-electron chi connectivity index (χ3n) is 3.62. The Balaban J connectivity index is 1.90. The molecule has 0 bridgehead atoms. The zero-order valence-corrected chi connectivity index (χ0v) is 15.4. The van der Waals surface area contributed by atoms with Crippen LogP contribution in [0.15, 0.2) is 42.5 Å². The Labute approximate surface area is 155 Å². The number of hydrogen-bond donors (Lipinski definition) is 1. The second kappa shape index (κ2) is 6.74. The molecule has 1 atom stereocenters. The first kappa shape index (κ1) is 17.8. The largest absolute Gasteiger partial charge is 0.476 e. The average molecular weight is 401 g/mol. The molecule has 132 valence electrons. The number of benzene rings is 2. The van der Waals surface area contributed by atoms with Gasteiger partial charge in [-0.2, -0.15) is 0 Å². The van der Waals surface area contributed by atoms with Crippen LogP contribution < -0.4 is 14.4 Å². The van der Waals surface area contributed by atoms with Gasteiger partial charge in [0.1, 0.15) is 5.75 Å². The van der Waals surface area contributed by atoms with E-state index in [4.69, 9.17) is 27.9 Å². The van der Waals surface area contributed by atoms with Crippen molar-refractivity contribution < 1.29 is 17.9 Å². The zero-order valence-electron chi connectivity index (χ0n) is 13.1. The number of carbonyl (C=O) groups is 1. The fourth-order valence-corrected chi connectivity index (χ4v) is 3.71. The van der Waals surface area contributed by atoms with Crippen LogP contribution in [0.3, 0.4) is 0 Å². The predicted molar refractivity (Wildman–Crippen MR) is 98.1 cm³/mol. The van der Waals surface area contributed by atoms with Crippen molar-refractivity contribution in [2.75, 3.05) is 22.4 Å². The highest BCUT2D eigenvalue weighted by molar-refractivity contribution is 7.92. The number of para-hydroxylation sites is 1. The molecule has 1 aliphatic heterocycles. The molecule has 3 rings (SSSR count). The summed E-state index contributed by atoms with van der Waals surface area (Å²) in [7, 11) is -3.61. The number of sulfonamides is 1. The van der Waals surface area contributed by atoms with Gasteiger partial charge in [-0.3, -0.25) is 9.10 Å². The van der Waals surface area contributed by atoms with Crippen LogP contribution in [0.1, 0.15) is 0 Å². The lowest BCUT2D eigenvalue weighted by Crippen LogP contribution is -2.48. The number of ether oxygens (including phenoxy) is 1. The summed E-state index contributed by atoms with van der Waals surface area (Å²) in [5.41, 5.74) is 0.724. The highest BCUT2D eigenvalue weighted by Gasteiger charge is 2.35. The van der Waals surface area contributed by atoms with Gasteiger partial charge in [0.15, 0.2) is 6.10 Å². The van der Waals surface area contributed by atoms with E-state index in [9.17, 15) is 13.2 Å².